The minimum Gasteiger partial charge on any atom is -0.481 e. The second-order valence-electron chi connectivity index (χ2n) is 5.21. The highest BCUT2D eigenvalue weighted by atomic mass is 19.4. The van der Waals surface area contributed by atoms with Crippen molar-refractivity contribution in [3.63, 3.8) is 0 Å². The molecule has 0 bridgehead atoms. The van der Waals surface area contributed by atoms with Crippen LogP contribution in [0.25, 0.3) is 11.1 Å². The molecule has 0 saturated heterocycles. The SMILES string of the molecule is O=C(O)CC/C(=N\O)c1ccc(-c2ccc(C(F)(F)F)cc2)c(F)c1. The van der Waals surface area contributed by atoms with E-state index in [4.69, 9.17) is 10.3 Å². The summed E-state index contributed by atoms with van der Waals surface area (Å²) in [6, 6.07) is 7.82. The molecule has 0 amide bonds. The number of hydrogen-bond acceptors (Lipinski definition) is 3. The molecule has 0 atom stereocenters. The van der Waals surface area contributed by atoms with Crippen molar-refractivity contribution in [2.75, 3.05) is 0 Å². The molecule has 0 saturated carbocycles. The number of hydrogen-bond donors (Lipinski definition) is 2. The number of carboxylic acids is 1. The number of alkyl halides is 3. The Balaban J connectivity index is 2.29. The highest BCUT2D eigenvalue weighted by molar-refractivity contribution is 6.01. The predicted octanol–water partition coefficient (Wildman–Crippen LogP) is 4.55. The highest BCUT2D eigenvalue weighted by Crippen LogP contribution is 2.31. The molecule has 2 aromatic carbocycles. The van der Waals surface area contributed by atoms with Crippen LogP contribution >= 0.6 is 0 Å². The molecular formula is C17H13F4NO3. The van der Waals surface area contributed by atoms with Crippen molar-refractivity contribution in [3.8, 4) is 11.1 Å². The van der Waals surface area contributed by atoms with Gasteiger partial charge in [0.2, 0.25) is 0 Å². The monoisotopic (exact) mass is 355 g/mol. The zero-order chi connectivity index (χ0) is 18.6. The van der Waals surface area contributed by atoms with E-state index in [0.717, 1.165) is 30.3 Å². The normalized spacial score (nSPS) is 12.2. The van der Waals surface area contributed by atoms with E-state index < -0.39 is 23.5 Å². The van der Waals surface area contributed by atoms with Crippen molar-refractivity contribution in [1.82, 2.24) is 0 Å². The molecule has 8 heteroatoms. The van der Waals surface area contributed by atoms with Crippen LogP contribution in [0.2, 0.25) is 0 Å². The molecule has 2 N–H and O–H groups in total. The van der Waals surface area contributed by atoms with Crippen LogP contribution in [0.15, 0.2) is 47.6 Å². The smallest absolute Gasteiger partial charge is 0.416 e. The zero-order valence-corrected chi connectivity index (χ0v) is 12.7. The first kappa shape index (κ1) is 18.4. The predicted molar refractivity (Wildman–Crippen MR) is 82.0 cm³/mol. The third-order valence-electron chi connectivity index (χ3n) is 3.52. The molecule has 0 unspecified atom stereocenters. The molecule has 0 spiro atoms. The van der Waals surface area contributed by atoms with Crippen LogP contribution in [0.5, 0.6) is 0 Å². The summed E-state index contributed by atoms with van der Waals surface area (Å²) in [4.78, 5) is 10.6. The van der Waals surface area contributed by atoms with Crippen LogP contribution in [0.4, 0.5) is 17.6 Å². The first-order valence-corrected chi connectivity index (χ1v) is 7.12. The van der Waals surface area contributed by atoms with Gasteiger partial charge in [-0.2, -0.15) is 13.2 Å². The molecule has 2 aromatic rings. The van der Waals surface area contributed by atoms with Crippen molar-refractivity contribution in [1.29, 1.82) is 0 Å². The third kappa shape index (κ3) is 4.56. The van der Waals surface area contributed by atoms with E-state index >= 15 is 0 Å². The Hall–Kier alpha value is -2.90. The van der Waals surface area contributed by atoms with Gasteiger partial charge in [-0.1, -0.05) is 29.4 Å². The maximum atomic E-state index is 14.3. The van der Waals surface area contributed by atoms with Crippen molar-refractivity contribution in [2.24, 2.45) is 5.16 Å². The van der Waals surface area contributed by atoms with E-state index in [2.05, 4.69) is 5.16 Å². The molecule has 0 fully saturated rings. The Labute approximate surface area is 140 Å². The van der Waals surface area contributed by atoms with Gasteiger partial charge in [0, 0.05) is 17.5 Å². The van der Waals surface area contributed by atoms with Gasteiger partial charge in [0.15, 0.2) is 0 Å². The number of carboxylic acid groups (broad SMARTS) is 1. The first-order valence-electron chi connectivity index (χ1n) is 7.12. The Kier molecular flexibility index (Phi) is 5.41. The fourth-order valence-electron chi connectivity index (χ4n) is 2.24. The van der Waals surface area contributed by atoms with Gasteiger partial charge in [-0.05, 0) is 23.8 Å². The van der Waals surface area contributed by atoms with Crippen LogP contribution in [0, 0.1) is 5.82 Å². The summed E-state index contributed by atoms with van der Waals surface area (Å²) in [6.45, 7) is 0. The summed E-state index contributed by atoms with van der Waals surface area (Å²) in [6.07, 6.45) is -4.86. The number of nitrogens with zero attached hydrogens (tertiary/aromatic N) is 1. The molecule has 0 radical (unpaired) electrons. The molecule has 0 aliphatic heterocycles. The summed E-state index contributed by atoms with van der Waals surface area (Å²) in [7, 11) is 0. The number of halogens is 4. The second kappa shape index (κ2) is 7.33. The van der Waals surface area contributed by atoms with E-state index in [1.807, 2.05) is 0 Å². The molecule has 2 rings (SSSR count). The molecule has 0 aliphatic carbocycles. The maximum Gasteiger partial charge on any atom is 0.416 e. The highest BCUT2D eigenvalue weighted by Gasteiger charge is 2.30. The molecule has 0 aliphatic rings. The number of oxime groups is 1. The molecular weight excluding hydrogens is 342 g/mol. The quantitative estimate of drug-likeness (QED) is 0.358. The Morgan fingerprint density at radius 1 is 1.04 bits per heavy atom. The Bertz CT molecular complexity index is 799. The topological polar surface area (TPSA) is 69.9 Å². The van der Waals surface area contributed by atoms with E-state index in [-0.39, 0.29) is 35.2 Å². The van der Waals surface area contributed by atoms with Gasteiger partial charge in [-0.25, -0.2) is 4.39 Å². The van der Waals surface area contributed by atoms with Crippen molar-refractivity contribution >= 4 is 11.7 Å². The minimum atomic E-state index is -4.47. The van der Waals surface area contributed by atoms with Gasteiger partial charge < -0.3 is 10.3 Å². The summed E-state index contributed by atoms with van der Waals surface area (Å²) < 4.78 is 52.0. The Morgan fingerprint density at radius 2 is 1.68 bits per heavy atom. The molecule has 0 aromatic heterocycles. The summed E-state index contributed by atoms with van der Waals surface area (Å²) in [5, 5.41) is 20.6. The lowest BCUT2D eigenvalue weighted by Gasteiger charge is -2.10. The van der Waals surface area contributed by atoms with Gasteiger partial charge in [-0.3, -0.25) is 4.79 Å². The average Bonchev–Trinajstić information content (AvgIpc) is 2.54. The van der Waals surface area contributed by atoms with Crippen molar-refractivity contribution < 1.29 is 32.7 Å². The minimum absolute atomic E-state index is 0.000249. The summed E-state index contributed by atoms with van der Waals surface area (Å²) in [5.74, 6) is -1.82. The lowest BCUT2D eigenvalue weighted by atomic mass is 9.99. The fraction of sp³-hybridized carbons (Fsp3) is 0.176. The number of aliphatic carboxylic acids is 1. The average molecular weight is 355 g/mol. The van der Waals surface area contributed by atoms with Gasteiger partial charge in [0.25, 0.3) is 0 Å². The van der Waals surface area contributed by atoms with E-state index in [1.165, 1.54) is 12.1 Å². The lowest BCUT2D eigenvalue weighted by molar-refractivity contribution is -0.138. The van der Waals surface area contributed by atoms with Crippen LogP contribution < -0.4 is 0 Å². The second-order valence-corrected chi connectivity index (χ2v) is 5.21. The van der Waals surface area contributed by atoms with Crippen LogP contribution in [-0.4, -0.2) is 22.0 Å². The fourth-order valence-corrected chi connectivity index (χ4v) is 2.24. The third-order valence-corrected chi connectivity index (χ3v) is 3.52. The molecule has 4 nitrogen and oxygen atoms in total. The molecule has 25 heavy (non-hydrogen) atoms. The summed E-state index contributed by atoms with van der Waals surface area (Å²) in [5.41, 5.74) is -0.313. The number of benzene rings is 2. The Morgan fingerprint density at radius 3 is 2.16 bits per heavy atom. The zero-order valence-electron chi connectivity index (χ0n) is 12.7. The number of carbonyl (C=O) groups is 1. The van der Waals surface area contributed by atoms with Gasteiger partial charge >= 0.3 is 12.1 Å². The molecule has 132 valence electrons. The van der Waals surface area contributed by atoms with Crippen LogP contribution in [0.3, 0.4) is 0 Å². The van der Waals surface area contributed by atoms with E-state index in [0.29, 0.717) is 0 Å². The van der Waals surface area contributed by atoms with E-state index in [1.54, 1.807) is 0 Å². The number of rotatable bonds is 5. The standard InChI is InChI=1S/C17H13F4NO3/c18-14-9-11(15(22-25)7-8-16(23)24)3-6-13(14)10-1-4-12(5-2-10)17(19,20)21/h1-6,9,25H,7-8H2,(H,23,24)/b22-15+. The maximum absolute atomic E-state index is 14.3. The van der Waals surface area contributed by atoms with Gasteiger partial charge in [0.1, 0.15) is 5.82 Å². The van der Waals surface area contributed by atoms with E-state index in [9.17, 15) is 22.4 Å². The largest absolute Gasteiger partial charge is 0.481 e. The van der Waals surface area contributed by atoms with Gasteiger partial charge in [0.05, 0.1) is 17.7 Å². The van der Waals surface area contributed by atoms with Gasteiger partial charge in [-0.15, -0.1) is 0 Å². The van der Waals surface area contributed by atoms with Crippen molar-refractivity contribution in [2.45, 2.75) is 19.0 Å². The molecule has 0 heterocycles. The first-order chi connectivity index (χ1) is 11.7. The van der Waals surface area contributed by atoms with Crippen LogP contribution in [0.1, 0.15) is 24.0 Å². The lowest BCUT2D eigenvalue weighted by Crippen LogP contribution is -2.06. The summed E-state index contributed by atoms with van der Waals surface area (Å²) >= 11 is 0. The van der Waals surface area contributed by atoms with Crippen molar-refractivity contribution in [3.05, 3.63) is 59.4 Å². The van der Waals surface area contributed by atoms with Crippen LogP contribution in [-0.2, 0) is 11.0 Å².